The molecule has 1 N–H and O–H groups in total. The van der Waals surface area contributed by atoms with E-state index in [1.165, 1.54) is 4.68 Å². The van der Waals surface area contributed by atoms with Gasteiger partial charge < -0.3 is 5.32 Å². The number of nitrogens with one attached hydrogen (secondary N) is 1. The van der Waals surface area contributed by atoms with E-state index in [0.717, 1.165) is 29.1 Å². The van der Waals surface area contributed by atoms with Crippen molar-refractivity contribution in [3.8, 4) is 5.69 Å². The maximum absolute atomic E-state index is 13.5. The summed E-state index contributed by atoms with van der Waals surface area (Å²) < 4.78 is 3.06. The summed E-state index contributed by atoms with van der Waals surface area (Å²) in [5, 5.41) is 12.6. The van der Waals surface area contributed by atoms with Crippen molar-refractivity contribution in [1.29, 1.82) is 0 Å². The van der Waals surface area contributed by atoms with Gasteiger partial charge in [0, 0.05) is 5.69 Å². The monoisotopic (exact) mass is 429 g/mol. The van der Waals surface area contributed by atoms with Gasteiger partial charge in [-0.05, 0) is 50.5 Å². The second-order valence-electron chi connectivity index (χ2n) is 7.82. The highest BCUT2D eigenvalue weighted by Gasteiger charge is 2.25. The molecule has 7 heteroatoms. The van der Waals surface area contributed by atoms with Crippen molar-refractivity contribution >= 4 is 22.5 Å². The molecule has 0 saturated heterocycles. The number of aromatic nitrogens is 4. The Bertz CT molecular complexity index is 1340. The lowest BCUT2D eigenvalue weighted by molar-refractivity contribution is -0.119. The molecule has 2 aromatic carbocycles. The lowest BCUT2D eigenvalue weighted by atomic mass is 10.1. The number of carbonyl (C=O) groups excluding carboxylic acids is 1. The van der Waals surface area contributed by atoms with Gasteiger partial charge in [-0.1, -0.05) is 50.2 Å². The van der Waals surface area contributed by atoms with Crippen molar-refractivity contribution in [2.24, 2.45) is 0 Å². The van der Waals surface area contributed by atoms with E-state index in [2.05, 4.69) is 15.5 Å². The molecule has 0 unspecified atom stereocenters. The topological polar surface area (TPSA) is 81.8 Å². The highest BCUT2D eigenvalue weighted by molar-refractivity contribution is 5.94. The Kier molecular flexibility index (Phi) is 5.90. The molecule has 7 nitrogen and oxygen atoms in total. The van der Waals surface area contributed by atoms with Crippen LogP contribution in [0.5, 0.6) is 0 Å². The van der Waals surface area contributed by atoms with Gasteiger partial charge in [0.2, 0.25) is 5.91 Å². The first-order valence-electron chi connectivity index (χ1n) is 10.9. The summed E-state index contributed by atoms with van der Waals surface area (Å²) in [6.45, 7) is 7.60. The van der Waals surface area contributed by atoms with Gasteiger partial charge in [-0.25, -0.2) is 9.36 Å². The van der Waals surface area contributed by atoms with Crippen LogP contribution in [0.25, 0.3) is 16.6 Å². The molecule has 32 heavy (non-hydrogen) atoms. The molecule has 0 radical (unpaired) electrons. The summed E-state index contributed by atoms with van der Waals surface area (Å²) in [5.41, 5.74) is 4.25. The van der Waals surface area contributed by atoms with E-state index >= 15 is 0 Å². The molecule has 0 bridgehead atoms. The zero-order chi connectivity index (χ0) is 22.8. The molecular weight excluding hydrogens is 402 g/mol. The van der Waals surface area contributed by atoms with Crippen LogP contribution in [0, 0.1) is 13.8 Å². The molecule has 1 amide bonds. The fourth-order valence-electron chi connectivity index (χ4n) is 4.05. The number of hydrogen-bond donors (Lipinski definition) is 1. The zero-order valence-electron chi connectivity index (χ0n) is 18.8. The van der Waals surface area contributed by atoms with Crippen molar-refractivity contribution in [1.82, 2.24) is 19.6 Å². The summed E-state index contributed by atoms with van der Waals surface area (Å²) in [6, 6.07) is 16.6. The van der Waals surface area contributed by atoms with Crippen LogP contribution in [-0.4, -0.2) is 25.5 Å². The number of para-hydroxylation sites is 2. The predicted molar refractivity (Wildman–Crippen MR) is 126 cm³/mol. The quantitative estimate of drug-likeness (QED) is 0.494. The van der Waals surface area contributed by atoms with Gasteiger partial charge in [0.15, 0.2) is 0 Å². The molecule has 0 fully saturated rings. The number of aryl methyl sites for hydroxylation is 3. The Balaban J connectivity index is 1.79. The Morgan fingerprint density at radius 1 is 1.00 bits per heavy atom. The fourth-order valence-corrected chi connectivity index (χ4v) is 4.05. The SMILES string of the molecule is CCc1ccccc1NC(=O)[C@H](CC)n1nc(C)c2nn(-c3ccccc3)c(C)c2c1=O. The van der Waals surface area contributed by atoms with Gasteiger partial charge in [-0.15, -0.1) is 0 Å². The van der Waals surface area contributed by atoms with E-state index in [1.54, 1.807) is 4.68 Å². The first kappa shape index (κ1) is 21.5. The molecule has 0 aliphatic carbocycles. The van der Waals surface area contributed by atoms with Gasteiger partial charge in [-0.2, -0.15) is 10.2 Å². The number of hydrogen-bond acceptors (Lipinski definition) is 4. The molecule has 4 rings (SSSR count). The van der Waals surface area contributed by atoms with E-state index in [4.69, 9.17) is 0 Å². The number of carbonyl (C=O) groups is 1. The van der Waals surface area contributed by atoms with Crippen LogP contribution in [0.15, 0.2) is 59.4 Å². The van der Waals surface area contributed by atoms with Crippen LogP contribution < -0.4 is 10.9 Å². The van der Waals surface area contributed by atoms with E-state index < -0.39 is 6.04 Å². The first-order valence-corrected chi connectivity index (χ1v) is 10.9. The second-order valence-corrected chi connectivity index (χ2v) is 7.82. The van der Waals surface area contributed by atoms with E-state index in [1.807, 2.05) is 82.3 Å². The molecule has 2 heterocycles. The molecule has 0 saturated carbocycles. The summed E-state index contributed by atoms with van der Waals surface area (Å²) in [6.07, 6.45) is 1.23. The molecule has 1 atom stereocenters. The third kappa shape index (κ3) is 3.70. The number of anilines is 1. The molecule has 0 spiro atoms. The largest absolute Gasteiger partial charge is 0.324 e. The fraction of sp³-hybridized carbons (Fsp3) is 0.280. The minimum Gasteiger partial charge on any atom is -0.324 e. The van der Waals surface area contributed by atoms with Crippen molar-refractivity contribution in [2.75, 3.05) is 5.32 Å². The van der Waals surface area contributed by atoms with Gasteiger partial charge in [-0.3, -0.25) is 9.59 Å². The Hall–Kier alpha value is -3.74. The average molecular weight is 430 g/mol. The van der Waals surface area contributed by atoms with Crippen molar-refractivity contribution in [3.63, 3.8) is 0 Å². The maximum Gasteiger partial charge on any atom is 0.278 e. The minimum atomic E-state index is -0.727. The van der Waals surface area contributed by atoms with Gasteiger partial charge in [0.1, 0.15) is 11.6 Å². The van der Waals surface area contributed by atoms with Crippen molar-refractivity contribution in [3.05, 3.63) is 81.9 Å². The Morgan fingerprint density at radius 2 is 1.69 bits per heavy atom. The summed E-state index contributed by atoms with van der Waals surface area (Å²) in [7, 11) is 0. The van der Waals surface area contributed by atoms with Crippen molar-refractivity contribution in [2.45, 2.75) is 46.6 Å². The molecule has 164 valence electrons. The van der Waals surface area contributed by atoms with Crippen LogP contribution in [0.4, 0.5) is 5.69 Å². The first-order chi connectivity index (χ1) is 15.5. The van der Waals surface area contributed by atoms with Crippen LogP contribution in [-0.2, 0) is 11.2 Å². The number of benzene rings is 2. The van der Waals surface area contributed by atoms with Crippen LogP contribution in [0.1, 0.15) is 43.3 Å². The Morgan fingerprint density at radius 3 is 2.38 bits per heavy atom. The summed E-state index contributed by atoms with van der Waals surface area (Å²) in [5.74, 6) is -0.255. The van der Waals surface area contributed by atoms with E-state index in [0.29, 0.717) is 23.0 Å². The maximum atomic E-state index is 13.5. The van der Waals surface area contributed by atoms with Gasteiger partial charge >= 0.3 is 0 Å². The number of nitrogens with zero attached hydrogens (tertiary/aromatic N) is 4. The third-order valence-electron chi connectivity index (χ3n) is 5.78. The Labute approximate surface area is 186 Å². The number of fused-ring (bicyclic) bond motifs is 1. The van der Waals surface area contributed by atoms with Gasteiger partial charge in [0.25, 0.3) is 5.56 Å². The summed E-state index contributed by atoms with van der Waals surface area (Å²) in [4.78, 5) is 26.7. The van der Waals surface area contributed by atoms with Crippen LogP contribution in [0.2, 0.25) is 0 Å². The van der Waals surface area contributed by atoms with Crippen LogP contribution >= 0.6 is 0 Å². The van der Waals surface area contributed by atoms with Crippen molar-refractivity contribution < 1.29 is 4.79 Å². The highest BCUT2D eigenvalue weighted by atomic mass is 16.2. The molecule has 2 aromatic heterocycles. The lowest BCUT2D eigenvalue weighted by Crippen LogP contribution is -2.35. The van der Waals surface area contributed by atoms with Gasteiger partial charge in [0.05, 0.1) is 22.5 Å². The van der Waals surface area contributed by atoms with E-state index in [-0.39, 0.29) is 11.5 Å². The number of rotatable bonds is 6. The summed E-state index contributed by atoms with van der Waals surface area (Å²) >= 11 is 0. The molecule has 0 aliphatic heterocycles. The normalized spacial score (nSPS) is 12.1. The molecule has 4 aromatic rings. The standard InChI is InChI=1S/C25H27N5O2/c1-5-18-12-10-11-15-20(18)26-24(31)21(6-2)30-25(32)22-17(4)29(19-13-8-7-9-14-19)28-23(22)16(3)27-30/h7-15,21H,5-6H2,1-4H3,(H,26,31)/t21-/m0/s1. The lowest BCUT2D eigenvalue weighted by Gasteiger charge is -2.18. The molecular formula is C25H27N5O2. The predicted octanol–water partition coefficient (Wildman–Crippen LogP) is 4.35. The second kappa shape index (κ2) is 8.78. The van der Waals surface area contributed by atoms with E-state index in [9.17, 15) is 9.59 Å². The van der Waals surface area contributed by atoms with Crippen LogP contribution in [0.3, 0.4) is 0 Å². The number of amides is 1. The smallest absolute Gasteiger partial charge is 0.278 e. The zero-order valence-corrected chi connectivity index (χ0v) is 18.8. The minimum absolute atomic E-state index is 0.255. The highest BCUT2D eigenvalue weighted by Crippen LogP contribution is 2.22. The molecule has 0 aliphatic rings. The average Bonchev–Trinajstić information content (AvgIpc) is 3.16. The third-order valence-corrected chi connectivity index (χ3v) is 5.78.